The Labute approximate surface area is 206 Å². The Bertz CT molecular complexity index is 1290. The maximum absolute atomic E-state index is 6.31. The Kier molecular flexibility index (Phi) is 6.16. The average molecular weight is 471 g/mol. The topological polar surface area (TPSA) is 46.2 Å². The van der Waals surface area contributed by atoms with E-state index in [-0.39, 0.29) is 0 Å². The van der Waals surface area contributed by atoms with Crippen LogP contribution >= 0.6 is 0 Å². The summed E-state index contributed by atoms with van der Waals surface area (Å²) in [5.74, 6) is 3.73. The number of fused-ring (bicyclic) bond motifs is 3. The van der Waals surface area contributed by atoms with Gasteiger partial charge in [0.1, 0.15) is 36.1 Å². The number of hydrogen-bond acceptors (Lipinski definition) is 5. The highest BCUT2D eigenvalue weighted by molar-refractivity contribution is 5.91. The Hall–Kier alpha value is -3.86. The Morgan fingerprint density at radius 3 is 2.54 bits per heavy atom. The summed E-state index contributed by atoms with van der Waals surface area (Å²) in [6, 6.07) is 18.1. The van der Waals surface area contributed by atoms with Gasteiger partial charge in [0.05, 0.1) is 19.3 Å². The van der Waals surface area contributed by atoms with Gasteiger partial charge in [0.2, 0.25) is 0 Å². The third kappa shape index (κ3) is 4.72. The Morgan fingerprint density at radius 2 is 1.77 bits per heavy atom. The van der Waals surface area contributed by atoms with Gasteiger partial charge in [-0.05, 0) is 62.8 Å². The lowest BCUT2D eigenvalue weighted by Gasteiger charge is -2.31. The van der Waals surface area contributed by atoms with Gasteiger partial charge in [-0.25, -0.2) is 0 Å². The van der Waals surface area contributed by atoms with Crippen molar-refractivity contribution in [2.45, 2.75) is 33.0 Å². The van der Waals surface area contributed by atoms with Gasteiger partial charge >= 0.3 is 0 Å². The number of hydrogen-bond donors (Lipinski definition) is 0. The van der Waals surface area contributed by atoms with Gasteiger partial charge < -0.3 is 23.7 Å². The second kappa shape index (κ2) is 9.41. The smallest absolute Gasteiger partial charge is 0.173 e. The van der Waals surface area contributed by atoms with E-state index < -0.39 is 5.60 Å². The minimum Gasteiger partial charge on any atom is -0.494 e. The van der Waals surface area contributed by atoms with Gasteiger partial charge in [0, 0.05) is 22.8 Å². The molecule has 3 aromatic rings. The molecule has 180 valence electrons. The largest absolute Gasteiger partial charge is 0.494 e. The highest BCUT2D eigenvalue weighted by Gasteiger charge is 2.30. The second-order valence-electron chi connectivity index (χ2n) is 9.10. The monoisotopic (exact) mass is 470 g/mol. The third-order valence-electron chi connectivity index (χ3n) is 6.05. The maximum atomic E-state index is 6.31. The van der Waals surface area contributed by atoms with Crippen molar-refractivity contribution in [2.75, 3.05) is 20.3 Å². The zero-order valence-electron chi connectivity index (χ0n) is 20.6. The molecule has 0 bridgehead atoms. The second-order valence-corrected chi connectivity index (χ2v) is 9.10. The summed E-state index contributed by atoms with van der Waals surface area (Å²) in [6.07, 6.45) is 6.24. The summed E-state index contributed by atoms with van der Waals surface area (Å²) in [6.45, 7) is 7.49. The molecule has 0 atom stereocenters. The molecular weight excluding hydrogens is 440 g/mol. The van der Waals surface area contributed by atoms with Crippen molar-refractivity contribution in [3.05, 3.63) is 82.9 Å². The van der Waals surface area contributed by atoms with Crippen LogP contribution in [0.2, 0.25) is 0 Å². The van der Waals surface area contributed by atoms with Crippen LogP contribution in [-0.2, 0) is 6.61 Å². The molecular formula is C30H30O5. The van der Waals surface area contributed by atoms with E-state index in [2.05, 4.69) is 24.3 Å². The molecule has 0 aromatic heterocycles. The molecule has 35 heavy (non-hydrogen) atoms. The van der Waals surface area contributed by atoms with Crippen LogP contribution in [0.15, 0.2) is 60.7 Å². The molecule has 5 rings (SSSR count). The van der Waals surface area contributed by atoms with Crippen LogP contribution in [0.5, 0.6) is 28.7 Å². The molecule has 3 aromatic carbocycles. The molecule has 0 saturated heterocycles. The Balaban J connectivity index is 1.53. The van der Waals surface area contributed by atoms with Gasteiger partial charge in [-0.15, -0.1) is 0 Å². The minimum absolute atomic E-state index is 0.405. The average Bonchev–Trinajstić information content (AvgIpc) is 2.87. The fourth-order valence-electron chi connectivity index (χ4n) is 4.34. The van der Waals surface area contributed by atoms with Crippen LogP contribution in [0.4, 0.5) is 0 Å². The van der Waals surface area contributed by atoms with Crippen LogP contribution < -0.4 is 23.7 Å². The molecule has 0 spiro atoms. The first-order chi connectivity index (χ1) is 17.0. The molecule has 5 nitrogen and oxygen atoms in total. The zero-order valence-corrected chi connectivity index (χ0v) is 20.6. The number of rotatable bonds is 7. The van der Waals surface area contributed by atoms with E-state index in [1.165, 1.54) is 0 Å². The van der Waals surface area contributed by atoms with Crippen LogP contribution in [0.25, 0.3) is 17.7 Å². The van der Waals surface area contributed by atoms with Crippen molar-refractivity contribution in [1.29, 1.82) is 0 Å². The lowest BCUT2D eigenvalue weighted by molar-refractivity contribution is 0.151. The first kappa shape index (κ1) is 22.9. The first-order valence-corrected chi connectivity index (χ1v) is 11.9. The molecule has 2 heterocycles. The number of ether oxygens (including phenoxy) is 5. The summed E-state index contributed by atoms with van der Waals surface area (Å²) in [5.41, 5.74) is 4.54. The van der Waals surface area contributed by atoms with E-state index >= 15 is 0 Å². The van der Waals surface area contributed by atoms with Crippen molar-refractivity contribution in [1.82, 2.24) is 0 Å². The summed E-state index contributed by atoms with van der Waals surface area (Å²) < 4.78 is 30.2. The molecule has 2 aliphatic rings. The third-order valence-corrected chi connectivity index (χ3v) is 6.05. The van der Waals surface area contributed by atoms with Gasteiger partial charge in [0.15, 0.2) is 11.5 Å². The fraction of sp³-hybridized carbons (Fsp3) is 0.267. The summed E-state index contributed by atoms with van der Waals surface area (Å²) in [4.78, 5) is 0. The SMILES string of the molecule is CCOc1ccc(C2=Cc3cc(OC)c4c(c3OC2)C=CC(C)(C)O4)c(OCc2ccccc2)c1. The molecule has 2 aliphatic heterocycles. The van der Waals surface area contributed by atoms with Crippen molar-refractivity contribution < 1.29 is 23.7 Å². The molecule has 0 radical (unpaired) electrons. The summed E-state index contributed by atoms with van der Waals surface area (Å²) in [7, 11) is 1.66. The summed E-state index contributed by atoms with van der Waals surface area (Å²) in [5, 5.41) is 0. The van der Waals surface area contributed by atoms with Crippen molar-refractivity contribution in [3.63, 3.8) is 0 Å². The van der Waals surface area contributed by atoms with Crippen LogP contribution in [0.1, 0.15) is 43.0 Å². The highest BCUT2D eigenvalue weighted by Crippen LogP contribution is 2.48. The van der Waals surface area contributed by atoms with Gasteiger partial charge in [-0.2, -0.15) is 0 Å². The van der Waals surface area contributed by atoms with E-state index in [9.17, 15) is 0 Å². The van der Waals surface area contributed by atoms with E-state index in [1.54, 1.807) is 7.11 Å². The maximum Gasteiger partial charge on any atom is 0.173 e. The highest BCUT2D eigenvalue weighted by atomic mass is 16.5. The molecule has 5 heteroatoms. The van der Waals surface area contributed by atoms with E-state index in [1.807, 2.05) is 69.3 Å². The quantitative estimate of drug-likeness (QED) is 0.380. The molecule has 0 fully saturated rings. The normalized spacial score (nSPS) is 15.1. The minimum atomic E-state index is -0.405. The number of benzene rings is 3. The predicted octanol–water partition coefficient (Wildman–Crippen LogP) is 6.79. The van der Waals surface area contributed by atoms with Crippen LogP contribution in [0.3, 0.4) is 0 Å². The molecule has 0 aliphatic carbocycles. The Morgan fingerprint density at radius 1 is 0.943 bits per heavy atom. The first-order valence-electron chi connectivity index (χ1n) is 11.9. The van der Waals surface area contributed by atoms with Gasteiger partial charge in [0.25, 0.3) is 0 Å². The molecule has 0 N–H and O–H groups in total. The van der Waals surface area contributed by atoms with Crippen LogP contribution in [-0.4, -0.2) is 25.9 Å². The standard InChI is InChI=1S/C30H30O5/c1-5-32-23-11-12-24(26(17-23)33-18-20-9-7-6-8-10-20)22-15-21-16-27(31-4)29-25(28(21)34-19-22)13-14-30(2,3)35-29/h6-17H,5,18-19H2,1-4H3. The van der Waals surface area contributed by atoms with Crippen molar-refractivity contribution >= 4 is 17.7 Å². The van der Waals surface area contributed by atoms with E-state index in [0.717, 1.165) is 45.1 Å². The van der Waals surface area contributed by atoms with Crippen molar-refractivity contribution in [3.8, 4) is 28.7 Å². The van der Waals surface area contributed by atoms with E-state index in [4.69, 9.17) is 23.7 Å². The molecule has 0 amide bonds. The van der Waals surface area contributed by atoms with Gasteiger partial charge in [-0.3, -0.25) is 0 Å². The van der Waals surface area contributed by atoms with Crippen LogP contribution in [0, 0.1) is 0 Å². The zero-order chi connectivity index (χ0) is 24.4. The molecule has 0 saturated carbocycles. The molecule has 0 unspecified atom stereocenters. The van der Waals surface area contributed by atoms with Crippen molar-refractivity contribution in [2.24, 2.45) is 0 Å². The lowest BCUT2D eigenvalue weighted by atomic mass is 9.95. The van der Waals surface area contributed by atoms with Gasteiger partial charge in [-0.1, -0.05) is 30.3 Å². The lowest BCUT2D eigenvalue weighted by Crippen LogP contribution is -2.28. The number of methoxy groups -OCH3 is 1. The van der Waals surface area contributed by atoms with E-state index in [0.29, 0.717) is 31.3 Å². The summed E-state index contributed by atoms with van der Waals surface area (Å²) >= 11 is 0. The fourth-order valence-corrected chi connectivity index (χ4v) is 4.34. The predicted molar refractivity (Wildman–Crippen MR) is 138 cm³/mol.